The topological polar surface area (TPSA) is 137 Å². The van der Waals surface area contributed by atoms with Crippen LogP contribution in [0.25, 0.3) is 5.70 Å². The van der Waals surface area contributed by atoms with Crippen LogP contribution >= 0.6 is 0 Å². The lowest BCUT2D eigenvalue weighted by Crippen LogP contribution is -2.51. The molecule has 0 atom stereocenters. The number of tetrazole rings is 1. The fraction of sp³-hybridized carbons (Fsp3) is 0.214. The number of aromatic amines is 1. The van der Waals surface area contributed by atoms with Crippen LogP contribution in [-0.4, -0.2) is 51.2 Å². The van der Waals surface area contributed by atoms with Gasteiger partial charge in [0.2, 0.25) is 5.96 Å². The highest BCUT2D eigenvalue weighted by atomic mass is 16.2. The number of urea groups is 1. The molecule has 0 radical (unpaired) electrons. The molecule has 0 fully saturated rings. The Morgan fingerprint density at radius 3 is 2.79 bits per heavy atom. The summed E-state index contributed by atoms with van der Waals surface area (Å²) in [6.07, 6.45) is 0.453. The molecule has 0 saturated carbocycles. The van der Waals surface area contributed by atoms with Crippen molar-refractivity contribution in [3.05, 3.63) is 48.3 Å². The number of hydrazine groups is 1. The Labute approximate surface area is 138 Å². The molecule has 10 heteroatoms. The van der Waals surface area contributed by atoms with Crippen LogP contribution in [0.3, 0.4) is 0 Å². The van der Waals surface area contributed by atoms with Crippen molar-refractivity contribution in [2.75, 3.05) is 13.6 Å². The number of carbonyl (C=O) groups is 1. The molecule has 2 amide bonds. The van der Waals surface area contributed by atoms with Gasteiger partial charge in [-0.05, 0) is 16.0 Å². The number of nitrogens with one attached hydrogen (secondary N) is 3. The van der Waals surface area contributed by atoms with Gasteiger partial charge in [0.25, 0.3) is 0 Å². The van der Waals surface area contributed by atoms with Gasteiger partial charge in [0.05, 0.1) is 5.70 Å². The highest BCUT2D eigenvalue weighted by Gasteiger charge is 2.13. The van der Waals surface area contributed by atoms with Crippen molar-refractivity contribution in [2.45, 2.75) is 6.42 Å². The molecule has 0 aliphatic carbocycles. The molecule has 24 heavy (non-hydrogen) atoms. The van der Waals surface area contributed by atoms with Gasteiger partial charge in [-0.25, -0.2) is 20.3 Å². The Hall–Kier alpha value is -3.27. The number of guanidine groups is 1. The van der Waals surface area contributed by atoms with Gasteiger partial charge in [-0.2, -0.15) is 0 Å². The molecular formula is C14H19N9O. The Morgan fingerprint density at radius 2 is 2.17 bits per heavy atom. The van der Waals surface area contributed by atoms with Crippen LogP contribution in [0.2, 0.25) is 0 Å². The van der Waals surface area contributed by atoms with Crippen LogP contribution in [0.15, 0.2) is 41.9 Å². The quantitative estimate of drug-likeness (QED) is 0.331. The maximum Gasteiger partial charge on any atom is 0.338 e. The molecular weight excluding hydrogens is 310 g/mol. The van der Waals surface area contributed by atoms with Crippen molar-refractivity contribution in [1.82, 2.24) is 36.4 Å². The lowest BCUT2D eigenvalue weighted by molar-refractivity contribution is 0.183. The van der Waals surface area contributed by atoms with E-state index < -0.39 is 6.03 Å². The second-order valence-corrected chi connectivity index (χ2v) is 4.71. The fourth-order valence-corrected chi connectivity index (χ4v) is 1.86. The number of carbonyl (C=O) groups excluding carboxylic acids is 1. The van der Waals surface area contributed by atoms with Crippen LogP contribution in [0.5, 0.6) is 0 Å². The summed E-state index contributed by atoms with van der Waals surface area (Å²) in [6.45, 7) is 4.17. The number of hydrogen-bond acceptors (Lipinski definition) is 6. The van der Waals surface area contributed by atoms with Crippen molar-refractivity contribution in [3.8, 4) is 0 Å². The number of nitrogens with two attached hydrogens (primary N) is 1. The van der Waals surface area contributed by atoms with Gasteiger partial charge >= 0.3 is 6.03 Å². The van der Waals surface area contributed by atoms with Crippen LogP contribution < -0.4 is 16.5 Å². The molecule has 0 unspecified atom stereocenters. The number of aliphatic imine (C=N–C) groups is 1. The largest absolute Gasteiger partial charge is 0.369 e. The Morgan fingerprint density at radius 1 is 1.42 bits per heavy atom. The lowest BCUT2D eigenvalue weighted by Gasteiger charge is -2.20. The second kappa shape index (κ2) is 8.39. The number of rotatable bonds is 6. The van der Waals surface area contributed by atoms with E-state index in [-0.39, 0.29) is 5.96 Å². The third-order valence-electron chi connectivity index (χ3n) is 3.07. The van der Waals surface area contributed by atoms with Crippen LogP contribution in [-0.2, 0) is 6.42 Å². The van der Waals surface area contributed by atoms with Crippen LogP contribution in [0.4, 0.5) is 4.79 Å². The maximum atomic E-state index is 12.2. The average molecular weight is 329 g/mol. The average Bonchev–Trinajstić information content (AvgIpc) is 3.09. The summed E-state index contributed by atoms with van der Waals surface area (Å²) in [6, 6.07) is 8.88. The number of benzene rings is 1. The molecule has 0 bridgehead atoms. The minimum atomic E-state index is -0.452. The predicted molar refractivity (Wildman–Crippen MR) is 89.3 cm³/mol. The fourth-order valence-electron chi connectivity index (χ4n) is 1.86. The Kier molecular flexibility index (Phi) is 5.97. The summed E-state index contributed by atoms with van der Waals surface area (Å²) in [7, 11) is 1.62. The predicted octanol–water partition coefficient (Wildman–Crippen LogP) is -0.126. The van der Waals surface area contributed by atoms with Crippen molar-refractivity contribution >= 4 is 17.7 Å². The van der Waals surface area contributed by atoms with Gasteiger partial charge in [-0.1, -0.05) is 36.9 Å². The van der Waals surface area contributed by atoms with Crippen LogP contribution in [0.1, 0.15) is 11.4 Å². The minimum absolute atomic E-state index is 0.0459. The molecule has 1 aromatic heterocycles. The number of aromatic nitrogens is 4. The standard InChI is InChI=1S/C14H19N9O/c1-10(11-6-4-3-5-7-11)17-13(15)18-14(24)23(16-2)9-8-12-19-21-22-20-12/h3-7,16H,1,8-9H2,2H3,(H3,15,17,18,24)(H,19,20,21,22). The zero-order chi connectivity index (χ0) is 17.4. The normalized spacial score (nSPS) is 11.1. The molecule has 1 aromatic carbocycles. The summed E-state index contributed by atoms with van der Waals surface area (Å²) in [5, 5.41) is 17.1. The molecule has 2 aromatic rings. The van der Waals surface area contributed by atoms with E-state index >= 15 is 0 Å². The van der Waals surface area contributed by atoms with E-state index in [1.165, 1.54) is 5.01 Å². The first kappa shape index (κ1) is 17.1. The molecule has 2 rings (SSSR count). The summed E-state index contributed by atoms with van der Waals surface area (Å²) in [5.74, 6) is 0.526. The molecule has 5 N–H and O–H groups in total. The van der Waals surface area contributed by atoms with Gasteiger partial charge < -0.3 is 5.73 Å². The van der Waals surface area contributed by atoms with E-state index in [0.29, 0.717) is 24.5 Å². The number of H-pyrrole nitrogens is 1. The van der Waals surface area contributed by atoms with E-state index in [1.54, 1.807) is 7.05 Å². The first-order valence-electron chi connectivity index (χ1n) is 7.17. The highest BCUT2D eigenvalue weighted by Crippen LogP contribution is 2.12. The maximum absolute atomic E-state index is 12.2. The van der Waals surface area contributed by atoms with E-state index in [1.807, 2.05) is 30.3 Å². The third-order valence-corrected chi connectivity index (χ3v) is 3.07. The minimum Gasteiger partial charge on any atom is -0.369 e. The molecule has 0 aliphatic rings. The van der Waals surface area contributed by atoms with Crippen molar-refractivity contribution in [2.24, 2.45) is 10.7 Å². The summed E-state index contributed by atoms with van der Waals surface area (Å²) in [5.41, 5.74) is 9.79. The first-order valence-corrected chi connectivity index (χ1v) is 7.17. The zero-order valence-electron chi connectivity index (χ0n) is 13.2. The van der Waals surface area contributed by atoms with E-state index in [9.17, 15) is 4.79 Å². The van der Waals surface area contributed by atoms with Gasteiger partial charge in [0.1, 0.15) is 5.82 Å². The summed E-state index contributed by atoms with van der Waals surface area (Å²) in [4.78, 5) is 16.3. The number of amides is 2. The van der Waals surface area contributed by atoms with E-state index in [4.69, 9.17) is 5.73 Å². The molecule has 126 valence electrons. The lowest BCUT2D eigenvalue weighted by atomic mass is 10.2. The molecule has 1 heterocycles. The van der Waals surface area contributed by atoms with Gasteiger partial charge in [-0.15, -0.1) is 5.10 Å². The van der Waals surface area contributed by atoms with Gasteiger partial charge in [0, 0.05) is 20.0 Å². The van der Waals surface area contributed by atoms with Crippen molar-refractivity contribution in [3.63, 3.8) is 0 Å². The Balaban J connectivity index is 1.91. The molecule has 10 nitrogen and oxygen atoms in total. The number of nitrogens with zero attached hydrogens (tertiary/aromatic N) is 5. The van der Waals surface area contributed by atoms with Crippen LogP contribution in [0, 0.1) is 0 Å². The van der Waals surface area contributed by atoms with Gasteiger partial charge in [0.15, 0.2) is 0 Å². The monoisotopic (exact) mass is 329 g/mol. The highest BCUT2D eigenvalue weighted by molar-refractivity contribution is 5.97. The van der Waals surface area contributed by atoms with Crippen molar-refractivity contribution < 1.29 is 4.79 Å². The van der Waals surface area contributed by atoms with Crippen molar-refractivity contribution in [1.29, 1.82) is 0 Å². The molecule has 0 saturated heterocycles. The number of hydrogen-bond donors (Lipinski definition) is 4. The third kappa shape index (κ3) is 4.88. The smallest absolute Gasteiger partial charge is 0.338 e. The van der Waals surface area contributed by atoms with E-state index in [2.05, 4.69) is 42.9 Å². The molecule has 0 spiro atoms. The molecule has 0 aliphatic heterocycles. The van der Waals surface area contributed by atoms with Gasteiger partial charge in [-0.3, -0.25) is 10.3 Å². The SMILES string of the molecule is C=C(/N=C(/N)NC(=O)N(CCc1nnn[nH]1)NC)c1ccccc1. The van der Waals surface area contributed by atoms with E-state index in [0.717, 1.165) is 5.56 Å². The zero-order valence-corrected chi connectivity index (χ0v) is 13.2. The summed E-state index contributed by atoms with van der Waals surface area (Å²) >= 11 is 0. The summed E-state index contributed by atoms with van der Waals surface area (Å²) < 4.78 is 0. The second-order valence-electron chi connectivity index (χ2n) is 4.71. The first-order chi connectivity index (χ1) is 11.6. The Bertz CT molecular complexity index is 696.